The van der Waals surface area contributed by atoms with Gasteiger partial charge >= 0.3 is 0 Å². The van der Waals surface area contributed by atoms with Gasteiger partial charge in [0, 0.05) is 49.3 Å². The van der Waals surface area contributed by atoms with Crippen molar-refractivity contribution >= 4 is 76.7 Å². The number of nitrogens with zero attached hydrogens (tertiary/aromatic N) is 2. The maximum absolute atomic E-state index is 6.59. The Balaban J connectivity index is 0.859. The molecule has 0 saturated heterocycles. The van der Waals surface area contributed by atoms with Crippen LogP contribution in [0.25, 0.3) is 121 Å². The molecule has 0 saturated carbocycles. The van der Waals surface area contributed by atoms with E-state index in [0.29, 0.717) is 0 Å². The molecular formula is C56H34N2O2. The monoisotopic (exact) mass is 766 g/mol. The molecule has 0 fully saturated rings. The summed E-state index contributed by atoms with van der Waals surface area (Å²) >= 11 is 0. The van der Waals surface area contributed by atoms with E-state index < -0.39 is 0 Å². The maximum atomic E-state index is 6.59. The van der Waals surface area contributed by atoms with Crippen molar-refractivity contribution in [3.05, 3.63) is 206 Å². The third kappa shape index (κ3) is 4.85. The molecule has 0 radical (unpaired) electrons. The molecule has 0 aliphatic rings. The van der Waals surface area contributed by atoms with Gasteiger partial charge in [0.25, 0.3) is 0 Å². The van der Waals surface area contributed by atoms with Gasteiger partial charge < -0.3 is 13.4 Å². The number of para-hydroxylation sites is 5. The molecule has 4 aromatic heterocycles. The SMILES string of the molecule is c1ccc(-n2c3ccccc3c3c4cc(-c5ccc(-c6ccc7c(c6)c6ccccc6n7-c6ccc(-c7cccc8c7oc7ccccc78)cc6)cc5)ccc4oc32)cc1. The summed E-state index contributed by atoms with van der Waals surface area (Å²) in [5, 5.41) is 8.20. The average molecular weight is 767 g/mol. The van der Waals surface area contributed by atoms with Crippen molar-refractivity contribution in [3.8, 4) is 44.8 Å². The van der Waals surface area contributed by atoms with Gasteiger partial charge in [0.15, 0.2) is 0 Å². The van der Waals surface area contributed by atoms with Crippen LogP contribution >= 0.6 is 0 Å². The zero-order valence-corrected chi connectivity index (χ0v) is 32.3. The molecule has 0 atom stereocenters. The quantitative estimate of drug-likeness (QED) is 0.175. The lowest BCUT2D eigenvalue weighted by Crippen LogP contribution is -1.93. The van der Waals surface area contributed by atoms with Crippen molar-refractivity contribution in [2.24, 2.45) is 0 Å². The smallest absolute Gasteiger partial charge is 0.213 e. The van der Waals surface area contributed by atoms with E-state index in [1.807, 2.05) is 18.2 Å². The lowest BCUT2D eigenvalue weighted by Gasteiger charge is -2.10. The summed E-state index contributed by atoms with van der Waals surface area (Å²) in [7, 11) is 0. The number of aromatic nitrogens is 2. The molecule has 0 aliphatic carbocycles. The highest BCUT2D eigenvalue weighted by atomic mass is 16.3. The predicted molar refractivity (Wildman–Crippen MR) is 248 cm³/mol. The fourth-order valence-corrected chi connectivity index (χ4v) is 9.56. The lowest BCUT2D eigenvalue weighted by molar-refractivity contribution is 0.645. The molecule has 0 spiro atoms. The van der Waals surface area contributed by atoms with Crippen LogP contribution in [-0.4, -0.2) is 9.13 Å². The van der Waals surface area contributed by atoms with Crippen LogP contribution in [0.15, 0.2) is 215 Å². The lowest BCUT2D eigenvalue weighted by atomic mass is 9.98. The van der Waals surface area contributed by atoms with E-state index in [9.17, 15) is 0 Å². The number of hydrogen-bond donors (Lipinski definition) is 0. The summed E-state index contributed by atoms with van der Waals surface area (Å²) < 4.78 is 17.6. The van der Waals surface area contributed by atoms with E-state index >= 15 is 0 Å². The van der Waals surface area contributed by atoms with Crippen LogP contribution < -0.4 is 0 Å². The Morgan fingerprint density at radius 1 is 0.300 bits per heavy atom. The van der Waals surface area contributed by atoms with Crippen molar-refractivity contribution in [2.45, 2.75) is 0 Å². The van der Waals surface area contributed by atoms with Crippen molar-refractivity contribution in [3.63, 3.8) is 0 Å². The molecule has 0 aliphatic heterocycles. The highest BCUT2D eigenvalue weighted by Crippen LogP contribution is 2.42. The molecule has 280 valence electrons. The molecule has 4 heterocycles. The number of hydrogen-bond acceptors (Lipinski definition) is 2. The Hall–Kier alpha value is -8.08. The molecule has 60 heavy (non-hydrogen) atoms. The van der Waals surface area contributed by atoms with E-state index in [-0.39, 0.29) is 0 Å². The van der Waals surface area contributed by atoms with Gasteiger partial charge in [0.1, 0.15) is 16.7 Å². The van der Waals surface area contributed by atoms with Crippen LogP contribution in [-0.2, 0) is 0 Å². The Morgan fingerprint density at radius 3 is 1.63 bits per heavy atom. The van der Waals surface area contributed by atoms with Crippen molar-refractivity contribution < 1.29 is 8.83 Å². The minimum atomic E-state index is 0.871. The first kappa shape index (κ1) is 32.9. The minimum absolute atomic E-state index is 0.871. The van der Waals surface area contributed by atoms with Gasteiger partial charge in [0.05, 0.1) is 21.9 Å². The molecule has 4 nitrogen and oxygen atoms in total. The van der Waals surface area contributed by atoms with Crippen molar-refractivity contribution in [1.29, 1.82) is 0 Å². The largest absolute Gasteiger partial charge is 0.455 e. The first-order valence-corrected chi connectivity index (χ1v) is 20.4. The number of rotatable bonds is 5. The highest BCUT2D eigenvalue weighted by molar-refractivity contribution is 6.20. The first-order valence-electron chi connectivity index (χ1n) is 20.4. The molecule has 0 unspecified atom stereocenters. The van der Waals surface area contributed by atoms with Crippen LogP contribution in [0.1, 0.15) is 0 Å². The van der Waals surface area contributed by atoms with E-state index in [2.05, 4.69) is 197 Å². The Labute approximate surface area is 344 Å². The van der Waals surface area contributed by atoms with Gasteiger partial charge in [-0.05, 0) is 94.5 Å². The standard InChI is InChI=1S/C56H34N2O2/c1-2-11-40(12-3-1)58-50-19-8-5-15-46(50)54-48-34-39(28-32-53(48)60-56(54)58)36-23-21-35(22-24-36)38-27-31-51-47(33-38)43-13-4-7-18-49(43)57(51)41-29-25-37(26-30-41)42-16-10-17-45-44-14-6-9-20-52(44)59-55(42)45/h1-34H. The fraction of sp³-hybridized carbons (Fsp3) is 0. The molecule has 13 rings (SSSR count). The van der Waals surface area contributed by atoms with Gasteiger partial charge in [-0.1, -0.05) is 140 Å². The van der Waals surface area contributed by atoms with Crippen LogP contribution in [0.4, 0.5) is 0 Å². The van der Waals surface area contributed by atoms with Crippen molar-refractivity contribution in [2.75, 3.05) is 0 Å². The predicted octanol–water partition coefficient (Wildman–Crippen LogP) is 15.5. The Morgan fingerprint density at radius 2 is 0.850 bits per heavy atom. The summed E-state index contributed by atoms with van der Waals surface area (Å²) in [4.78, 5) is 0. The molecule has 9 aromatic carbocycles. The summed E-state index contributed by atoms with van der Waals surface area (Å²) in [6, 6.07) is 73.7. The first-order chi connectivity index (χ1) is 29.7. The number of fused-ring (bicyclic) bond motifs is 11. The minimum Gasteiger partial charge on any atom is -0.455 e. The normalized spacial score (nSPS) is 12.0. The van der Waals surface area contributed by atoms with Crippen LogP contribution in [0.3, 0.4) is 0 Å². The van der Waals surface area contributed by atoms with E-state index in [1.165, 1.54) is 43.9 Å². The zero-order valence-electron chi connectivity index (χ0n) is 32.3. The summed E-state index contributed by atoms with van der Waals surface area (Å²) in [5.74, 6) is 0. The Kier molecular flexibility index (Phi) is 6.98. The molecule has 0 amide bonds. The fourth-order valence-electron chi connectivity index (χ4n) is 9.56. The molecule has 0 N–H and O–H groups in total. The third-order valence-electron chi connectivity index (χ3n) is 12.4. The van der Waals surface area contributed by atoms with Crippen LogP contribution in [0, 0.1) is 0 Å². The van der Waals surface area contributed by atoms with Crippen LogP contribution in [0.2, 0.25) is 0 Å². The molecular weight excluding hydrogens is 733 g/mol. The van der Waals surface area contributed by atoms with Gasteiger partial charge in [-0.25, -0.2) is 0 Å². The molecule has 4 heteroatoms. The van der Waals surface area contributed by atoms with Crippen molar-refractivity contribution in [1.82, 2.24) is 9.13 Å². The van der Waals surface area contributed by atoms with Gasteiger partial charge in [-0.3, -0.25) is 4.57 Å². The third-order valence-corrected chi connectivity index (χ3v) is 12.4. The summed E-state index contributed by atoms with van der Waals surface area (Å²) in [5.41, 5.74) is 16.2. The van der Waals surface area contributed by atoms with Gasteiger partial charge in [-0.2, -0.15) is 0 Å². The topological polar surface area (TPSA) is 36.1 Å². The summed E-state index contributed by atoms with van der Waals surface area (Å²) in [6.45, 7) is 0. The Bertz CT molecular complexity index is 3800. The second kappa shape index (κ2) is 12.7. The van der Waals surface area contributed by atoms with E-state index in [0.717, 1.165) is 77.6 Å². The second-order valence-electron chi connectivity index (χ2n) is 15.7. The number of furan rings is 2. The van der Waals surface area contributed by atoms with Gasteiger partial charge in [-0.15, -0.1) is 0 Å². The van der Waals surface area contributed by atoms with Crippen LogP contribution in [0.5, 0.6) is 0 Å². The second-order valence-corrected chi connectivity index (χ2v) is 15.7. The molecule has 13 aromatic rings. The zero-order chi connectivity index (χ0) is 39.3. The maximum Gasteiger partial charge on any atom is 0.213 e. The highest BCUT2D eigenvalue weighted by Gasteiger charge is 2.20. The molecule has 0 bridgehead atoms. The number of benzene rings is 9. The van der Waals surface area contributed by atoms with E-state index in [4.69, 9.17) is 8.83 Å². The summed E-state index contributed by atoms with van der Waals surface area (Å²) in [6.07, 6.45) is 0. The average Bonchev–Trinajstić information content (AvgIpc) is 4.06. The van der Waals surface area contributed by atoms with E-state index in [1.54, 1.807) is 0 Å². The van der Waals surface area contributed by atoms with Gasteiger partial charge in [0.2, 0.25) is 5.71 Å².